The first kappa shape index (κ1) is 19.2. The second-order valence-electron chi connectivity index (χ2n) is 7.01. The molecule has 0 aromatic heterocycles. The summed E-state index contributed by atoms with van der Waals surface area (Å²) in [6.07, 6.45) is 0. The first-order valence-corrected chi connectivity index (χ1v) is 9.13. The molecule has 2 amide bonds. The van der Waals surface area contributed by atoms with Crippen molar-refractivity contribution < 1.29 is 23.8 Å². The smallest absolute Gasteiger partial charge is 0.277 e. The number of hydrogen-bond acceptors (Lipinski definition) is 6. The number of imide groups is 1. The Morgan fingerprint density at radius 2 is 1.70 bits per heavy atom. The van der Waals surface area contributed by atoms with E-state index in [9.17, 15) is 9.59 Å². The number of rotatable bonds is 6. The average molecular weight is 374 g/mol. The van der Waals surface area contributed by atoms with Crippen LogP contribution >= 0.6 is 0 Å². The van der Waals surface area contributed by atoms with Gasteiger partial charge in [0.15, 0.2) is 11.5 Å². The van der Waals surface area contributed by atoms with E-state index in [0.717, 1.165) is 0 Å². The Labute approximate surface area is 159 Å². The first-order chi connectivity index (χ1) is 13.0. The van der Waals surface area contributed by atoms with Gasteiger partial charge in [-0.2, -0.15) is 0 Å². The van der Waals surface area contributed by atoms with Crippen LogP contribution in [0.15, 0.2) is 23.9 Å². The lowest BCUT2D eigenvalue weighted by Gasteiger charge is -2.29. The van der Waals surface area contributed by atoms with E-state index in [1.54, 1.807) is 32.4 Å². The third-order valence-corrected chi connectivity index (χ3v) is 4.69. The number of ether oxygens (including phenoxy) is 3. The van der Waals surface area contributed by atoms with E-state index in [-0.39, 0.29) is 17.7 Å². The molecule has 0 N–H and O–H groups in total. The van der Waals surface area contributed by atoms with Crippen LogP contribution in [0.25, 0.3) is 5.57 Å². The Hall–Kier alpha value is -2.54. The van der Waals surface area contributed by atoms with Crippen molar-refractivity contribution in [2.45, 2.75) is 13.8 Å². The van der Waals surface area contributed by atoms with Gasteiger partial charge in [-0.1, -0.05) is 19.9 Å². The van der Waals surface area contributed by atoms with Crippen LogP contribution in [0, 0.1) is 5.92 Å². The molecule has 0 radical (unpaired) electrons. The molecule has 7 heteroatoms. The number of nitrogens with zero attached hydrogens (tertiary/aromatic N) is 2. The van der Waals surface area contributed by atoms with Gasteiger partial charge in [-0.15, -0.1) is 0 Å². The van der Waals surface area contributed by atoms with Gasteiger partial charge in [-0.25, -0.2) is 0 Å². The fraction of sp³-hybridized carbons (Fsp3) is 0.500. The molecule has 0 spiro atoms. The van der Waals surface area contributed by atoms with E-state index < -0.39 is 0 Å². The minimum atomic E-state index is -0.262. The van der Waals surface area contributed by atoms with Crippen molar-refractivity contribution in [2.24, 2.45) is 5.92 Å². The number of benzene rings is 1. The van der Waals surface area contributed by atoms with Gasteiger partial charge in [0.05, 0.1) is 33.0 Å². The molecule has 1 aromatic rings. The van der Waals surface area contributed by atoms with Gasteiger partial charge in [0.2, 0.25) is 0 Å². The van der Waals surface area contributed by atoms with Gasteiger partial charge in [0.1, 0.15) is 5.70 Å². The second-order valence-corrected chi connectivity index (χ2v) is 7.01. The zero-order valence-electron chi connectivity index (χ0n) is 16.3. The third kappa shape index (κ3) is 3.64. The number of carbonyl (C=O) groups is 2. The zero-order valence-corrected chi connectivity index (χ0v) is 16.3. The van der Waals surface area contributed by atoms with E-state index >= 15 is 0 Å². The molecule has 2 aliphatic heterocycles. The number of methoxy groups -OCH3 is 2. The summed E-state index contributed by atoms with van der Waals surface area (Å²) in [5, 5.41) is 0. The Bertz CT molecular complexity index is 766. The summed E-state index contributed by atoms with van der Waals surface area (Å²) in [5.41, 5.74) is 1.53. The quantitative estimate of drug-likeness (QED) is 0.707. The molecular weight excluding hydrogens is 348 g/mol. The van der Waals surface area contributed by atoms with Gasteiger partial charge in [0, 0.05) is 19.6 Å². The summed E-state index contributed by atoms with van der Waals surface area (Å²) < 4.78 is 16.1. The van der Waals surface area contributed by atoms with Crippen molar-refractivity contribution in [2.75, 3.05) is 47.1 Å². The van der Waals surface area contributed by atoms with Crippen LogP contribution in [-0.2, 0) is 14.3 Å². The first-order valence-electron chi connectivity index (χ1n) is 9.13. The van der Waals surface area contributed by atoms with E-state index in [4.69, 9.17) is 14.2 Å². The van der Waals surface area contributed by atoms with Crippen molar-refractivity contribution in [1.82, 2.24) is 9.80 Å². The van der Waals surface area contributed by atoms with Crippen molar-refractivity contribution in [3.05, 3.63) is 29.5 Å². The fourth-order valence-corrected chi connectivity index (χ4v) is 3.43. The Morgan fingerprint density at radius 1 is 1.04 bits per heavy atom. The van der Waals surface area contributed by atoms with E-state index in [2.05, 4.69) is 0 Å². The molecule has 7 nitrogen and oxygen atoms in total. The minimum Gasteiger partial charge on any atom is -0.493 e. The highest BCUT2D eigenvalue weighted by atomic mass is 16.5. The largest absolute Gasteiger partial charge is 0.493 e. The monoisotopic (exact) mass is 374 g/mol. The van der Waals surface area contributed by atoms with Crippen LogP contribution in [0.4, 0.5) is 0 Å². The average Bonchev–Trinajstić information content (AvgIpc) is 2.92. The lowest BCUT2D eigenvalue weighted by molar-refractivity contribution is -0.138. The molecule has 1 fully saturated rings. The molecule has 1 aromatic carbocycles. The Balaban J connectivity index is 2.09. The molecule has 2 aliphatic rings. The molecule has 1 saturated heterocycles. The lowest BCUT2D eigenvalue weighted by atomic mass is 10.0. The molecule has 0 saturated carbocycles. The second kappa shape index (κ2) is 8.00. The number of amides is 2. The third-order valence-electron chi connectivity index (χ3n) is 4.69. The van der Waals surface area contributed by atoms with E-state index in [1.165, 1.54) is 4.90 Å². The van der Waals surface area contributed by atoms with Crippen molar-refractivity contribution in [3.8, 4) is 11.5 Å². The Kier molecular flexibility index (Phi) is 5.70. The predicted octanol–water partition coefficient (Wildman–Crippen LogP) is 1.77. The van der Waals surface area contributed by atoms with Crippen molar-refractivity contribution in [1.29, 1.82) is 0 Å². The molecule has 146 valence electrons. The number of morpholine rings is 1. The molecule has 2 heterocycles. The maximum Gasteiger partial charge on any atom is 0.277 e. The van der Waals surface area contributed by atoms with Crippen LogP contribution in [0.2, 0.25) is 0 Å². The molecule has 0 atom stereocenters. The number of carbonyl (C=O) groups excluding carboxylic acids is 2. The van der Waals surface area contributed by atoms with E-state index in [0.29, 0.717) is 61.2 Å². The summed E-state index contributed by atoms with van der Waals surface area (Å²) >= 11 is 0. The summed E-state index contributed by atoms with van der Waals surface area (Å²) in [6, 6.07) is 5.29. The highest BCUT2D eigenvalue weighted by Gasteiger charge is 2.42. The van der Waals surface area contributed by atoms with Gasteiger partial charge < -0.3 is 19.1 Å². The summed E-state index contributed by atoms with van der Waals surface area (Å²) in [6.45, 7) is 6.61. The molecule has 27 heavy (non-hydrogen) atoms. The summed E-state index contributed by atoms with van der Waals surface area (Å²) in [5.74, 6) is 0.786. The van der Waals surface area contributed by atoms with Crippen LogP contribution < -0.4 is 9.47 Å². The predicted molar refractivity (Wildman–Crippen MR) is 100 cm³/mol. The molecule has 3 rings (SSSR count). The molecular formula is C20H26N2O5. The lowest BCUT2D eigenvalue weighted by Crippen LogP contribution is -2.41. The normalized spacial score (nSPS) is 18.0. The van der Waals surface area contributed by atoms with Crippen LogP contribution in [0.1, 0.15) is 19.4 Å². The summed E-state index contributed by atoms with van der Waals surface area (Å²) in [7, 11) is 3.11. The zero-order chi connectivity index (χ0) is 19.6. The van der Waals surface area contributed by atoms with E-state index in [1.807, 2.05) is 18.7 Å². The van der Waals surface area contributed by atoms with Crippen molar-refractivity contribution >= 4 is 17.4 Å². The van der Waals surface area contributed by atoms with Gasteiger partial charge in [-0.05, 0) is 23.6 Å². The van der Waals surface area contributed by atoms with Gasteiger partial charge >= 0.3 is 0 Å². The molecule has 0 unspecified atom stereocenters. The minimum absolute atomic E-state index is 0.189. The summed E-state index contributed by atoms with van der Waals surface area (Å²) in [4.78, 5) is 29.6. The maximum absolute atomic E-state index is 13.2. The van der Waals surface area contributed by atoms with Gasteiger partial charge in [0.25, 0.3) is 11.8 Å². The fourth-order valence-electron chi connectivity index (χ4n) is 3.43. The standard InChI is InChI=1S/C20H26N2O5/c1-13(2)12-22-19(23)17(14-5-6-15(25-3)16(11-14)26-4)18(20(22)24)21-7-9-27-10-8-21/h5-6,11,13H,7-10,12H2,1-4H3. The van der Waals surface area contributed by atoms with Gasteiger partial charge in [-0.3, -0.25) is 14.5 Å². The maximum atomic E-state index is 13.2. The van der Waals surface area contributed by atoms with Crippen LogP contribution in [0.3, 0.4) is 0 Å². The SMILES string of the molecule is COc1ccc(C2=C(N3CCOCC3)C(=O)N(CC(C)C)C2=O)cc1OC. The number of hydrogen-bond donors (Lipinski definition) is 0. The Morgan fingerprint density at radius 3 is 2.30 bits per heavy atom. The van der Waals surface area contributed by atoms with Crippen LogP contribution in [-0.4, -0.2) is 68.7 Å². The highest BCUT2D eigenvalue weighted by Crippen LogP contribution is 2.36. The molecule has 0 aliphatic carbocycles. The highest BCUT2D eigenvalue weighted by molar-refractivity contribution is 6.35. The van der Waals surface area contributed by atoms with Crippen molar-refractivity contribution in [3.63, 3.8) is 0 Å². The molecule has 0 bridgehead atoms. The topological polar surface area (TPSA) is 68.3 Å². The van der Waals surface area contributed by atoms with Crippen LogP contribution in [0.5, 0.6) is 11.5 Å².